The standard InChI is InChI=1S/C23H20N2O2S/c1-16(26)25-13-12-17-7-2-3-8-18(17)21(25)15-23(27)24-20-10-5-4-9-19(20)22-11-6-14-28-22/h2-14,21H,15H2,1H3,(H,24,27). The van der Waals surface area contributed by atoms with Crippen LogP contribution in [-0.2, 0) is 9.59 Å². The van der Waals surface area contributed by atoms with Crippen molar-refractivity contribution < 1.29 is 9.59 Å². The molecule has 5 heteroatoms. The number of thiophene rings is 1. The second-order valence-electron chi connectivity index (χ2n) is 6.66. The highest BCUT2D eigenvalue weighted by Gasteiger charge is 2.28. The maximum Gasteiger partial charge on any atom is 0.226 e. The molecule has 0 radical (unpaired) electrons. The summed E-state index contributed by atoms with van der Waals surface area (Å²) in [6.45, 7) is 1.52. The van der Waals surface area contributed by atoms with Crippen molar-refractivity contribution >= 4 is 34.9 Å². The predicted octanol–water partition coefficient (Wildman–Crippen LogP) is 5.32. The second-order valence-corrected chi connectivity index (χ2v) is 7.61. The summed E-state index contributed by atoms with van der Waals surface area (Å²) in [6.07, 6.45) is 3.87. The van der Waals surface area contributed by atoms with Crippen LogP contribution in [0.4, 0.5) is 5.69 Å². The highest BCUT2D eigenvalue weighted by molar-refractivity contribution is 7.13. The Labute approximate surface area is 168 Å². The Kier molecular flexibility index (Phi) is 5.08. The quantitative estimate of drug-likeness (QED) is 0.658. The predicted molar refractivity (Wildman–Crippen MR) is 114 cm³/mol. The van der Waals surface area contributed by atoms with Crippen LogP contribution in [0.3, 0.4) is 0 Å². The normalized spacial score (nSPS) is 15.2. The van der Waals surface area contributed by atoms with E-state index in [-0.39, 0.29) is 24.3 Å². The molecule has 1 unspecified atom stereocenters. The van der Waals surface area contributed by atoms with Crippen molar-refractivity contribution in [1.82, 2.24) is 4.90 Å². The van der Waals surface area contributed by atoms with E-state index >= 15 is 0 Å². The lowest BCUT2D eigenvalue weighted by Crippen LogP contribution is -2.33. The average molecular weight is 388 g/mol. The maximum atomic E-state index is 12.9. The van der Waals surface area contributed by atoms with E-state index in [1.54, 1.807) is 22.4 Å². The van der Waals surface area contributed by atoms with Crippen molar-refractivity contribution in [2.24, 2.45) is 0 Å². The van der Waals surface area contributed by atoms with E-state index in [1.807, 2.05) is 72.1 Å². The first kappa shape index (κ1) is 18.2. The van der Waals surface area contributed by atoms with Crippen LogP contribution in [0.1, 0.15) is 30.5 Å². The zero-order chi connectivity index (χ0) is 19.5. The van der Waals surface area contributed by atoms with E-state index in [2.05, 4.69) is 5.32 Å². The van der Waals surface area contributed by atoms with Gasteiger partial charge in [0.2, 0.25) is 11.8 Å². The molecule has 0 saturated heterocycles. The number of rotatable bonds is 4. The molecule has 2 aromatic carbocycles. The van der Waals surface area contributed by atoms with Crippen LogP contribution >= 0.6 is 11.3 Å². The topological polar surface area (TPSA) is 49.4 Å². The number of amides is 2. The summed E-state index contributed by atoms with van der Waals surface area (Å²) in [4.78, 5) is 27.8. The molecule has 2 amide bonds. The second kappa shape index (κ2) is 7.82. The van der Waals surface area contributed by atoms with Crippen LogP contribution in [0.2, 0.25) is 0 Å². The number of carbonyl (C=O) groups excluding carboxylic acids is 2. The smallest absolute Gasteiger partial charge is 0.226 e. The maximum absolute atomic E-state index is 12.9. The lowest BCUT2D eigenvalue weighted by molar-refractivity contribution is -0.129. The Hall–Kier alpha value is -3.18. The fraction of sp³-hybridized carbons (Fsp3) is 0.130. The molecule has 28 heavy (non-hydrogen) atoms. The van der Waals surface area contributed by atoms with E-state index < -0.39 is 0 Å². The van der Waals surface area contributed by atoms with E-state index in [0.717, 1.165) is 27.3 Å². The van der Waals surface area contributed by atoms with Crippen LogP contribution in [0.15, 0.2) is 72.2 Å². The van der Waals surface area contributed by atoms with E-state index in [4.69, 9.17) is 0 Å². The molecule has 0 aliphatic carbocycles. The van der Waals surface area contributed by atoms with Gasteiger partial charge >= 0.3 is 0 Å². The van der Waals surface area contributed by atoms with Gasteiger partial charge < -0.3 is 10.2 Å². The molecule has 1 atom stereocenters. The van der Waals surface area contributed by atoms with Gasteiger partial charge in [-0.15, -0.1) is 11.3 Å². The first-order valence-electron chi connectivity index (χ1n) is 9.12. The van der Waals surface area contributed by atoms with Gasteiger partial charge in [-0.1, -0.05) is 48.5 Å². The molecule has 1 aliphatic rings. The molecule has 1 N–H and O–H groups in total. The van der Waals surface area contributed by atoms with Gasteiger partial charge in [0, 0.05) is 29.3 Å². The highest BCUT2D eigenvalue weighted by Crippen LogP contribution is 2.34. The van der Waals surface area contributed by atoms with Gasteiger partial charge in [0.25, 0.3) is 0 Å². The minimum absolute atomic E-state index is 0.0810. The fourth-order valence-electron chi connectivity index (χ4n) is 3.53. The van der Waals surface area contributed by atoms with Crippen molar-refractivity contribution in [2.45, 2.75) is 19.4 Å². The highest BCUT2D eigenvalue weighted by atomic mass is 32.1. The van der Waals surface area contributed by atoms with Crippen LogP contribution in [0, 0.1) is 0 Å². The Morgan fingerprint density at radius 3 is 2.61 bits per heavy atom. The molecule has 2 heterocycles. The largest absolute Gasteiger partial charge is 0.325 e. The SMILES string of the molecule is CC(=O)N1C=Cc2ccccc2C1CC(=O)Nc1ccccc1-c1cccs1. The number of hydrogen-bond acceptors (Lipinski definition) is 3. The van der Waals surface area contributed by atoms with Gasteiger partial charge in [-0.3, -0.25) is 9.59 Å². The van der Waals surface area contributed by atoms with Gasteiger partial charge in [-0.2, -0.15) is 0 Å². The Balaban J connectivity index is 1.58. The molecule has 140 valence electrons. The zero-order valence-electron chi connectivity index (χ0n) is 15.5. The molecule has 4 nitrogen and oxygen atoms in total. The molecule has 0 saturated carbocycles. The van der Waals surface area contributed by atoms with Crippen molar-refractivity contribution in [2.75, 3.05) is 5.32 Å². The minimum Gasteiger partial charge on any atom is -0.325 e. The summed E-state index contributed by atoms with van der Waals surface area (Å²) in [5, 5.41) is 5.06. The van der Waals surface area contributed by atoms with Crippen LogP contribution in [0.5, 0.6) is 0 Å². The van der Waals surface area contributed by atoms with E-state index in [0.29, 0.717) is 0 Å². The Bertz CT molecular complexity index is 1040. The van der Waals surface area contributed by atoms with Crippen molar-refractivity contribution in [3.63, 3.8) is 0 Å². The van der Waals surface area contributed by atoms with Crippen molar-refractivity contribution in [3.05, 3.63) is 83.4 Å². The van der Waals surface area contributed by atoms with Crippen LogP contribution in [-0.4, -0.2) is 16.7 Å². The van der Waals surface area contributed by atoms with Crippen molar-refractivity contribution in [1.29, 1.82) is 0 Å². The van der Waals surface area contributed by atoms with Crippen LogP contribution < -0.4 is 5.32 Å². The minimum atomic E-state index is -0.312. The lowest BCUT2D eigenvalue weighted by Gasteiger charge is -2.32. The van der Waals surface area contributed by atoms with Gasteiger partial charge in [0.15, 0.2) is 0 Å². The zero-order valence-corrected chi connectivity index (χ0v) is 16.3. The number of fused-ring (bicyclic) bond motifs is 1. The summed E-state index contributed by atoms with van der Waals surface area (Å²) in [6, 6.07) is 19.4. The third-order valence-electron chi connectivity index (χ3n) is 4.84. The molecule has 0 spiro atoms. The lowest BCUT2D eigenvalue weighted by atomic mass is 9.93. The molecule has 1 aliphatic heterocycles. The monoisotopic (exact) mass is 388 g/mol. The Morgan fingerprint density at radius 1 is 1.04 bits per heavy atom. The van der Waals surface area contributed by atoms with E-state index in [9.17, 15) is 9.59 Å². The summed E-state index contributed by atoms with van der Waals surface area (Å²) in [5.74, 6) is -0.201. The number of anilines is 1. The number of para-hydroxylation sites is 1. The van der Waals surface area contributed by atoms with Gasteiger partial charge in [-0.25, -0.2) is 0 Å². The summed E-state index contributed by atoms with van der Waals surface area (Å²) in [7, 11) is 0. The first-order chi connectivity index (χ1) is 13.6. The average Bonchev–Trinajstić information content (AvgIpc) is 3.23. The molecule has 3 aromatic rings. The molecule has 1 aromatic heterocycles. The van der Waals surface area contributed by atoms with Crippen LogP contribution in [0.25, 0.3) is 16.5 Å². The van der Waals surface area contributed by atoms with Gasteiger partial charge in [-0.05, 0) is 34.7 Å². The summed E-state index contributed by atoms with van der Waals surface area (Å²) in [5.41, 5.74) is 3.81. The molecule has 4 rings (SSSR count). The number of nitrogens with one attached hydrogen (secondary N) is 1. The third-order valence-corrected chi connectivity index (χ3v) is 5.74. The molecule has 0 bridgehead atoms. The van der Waals surface area contributed by atoms with Crippen molar-refractivity contribution in [3.8, 4) is 10.4 Å². The third kappa shape index (κ3) is 3.62. The van der Waals surface area contributed by atoms with Gasteiger partial charge in [0.05, 0.1) is 12.5 Å². The summed E-state index contributed by atoms with van der Waals surface area (Å²) >= 11 is 1.63. The Morgan fingerprint density at radius 2 is 1.82 bits per heavy atom. The molecular formula is C23H20N2O2S. The molecular weight excluding hydrogens is 368 g/mol. The number of carbonyl (C=O) groups is 2. The number of benzene rings is 2. The van der Waals surface area contributed by atoms with E-state index in [1.165, 1.54) is 6.92 Å². The number of hydrogen-bond donors (Lipinski definition) is 1. The van der Waals surface area contributed by atoms with Gasteiger partial charge in [0.1, 0.15) is 0 Å². The number of nitrogens with zero attached hydrogens (tertiary/aromatic N) is 1. The summed E-state index contributed by atoms with van der Waals surface area (Å²) < 4.78 is 0. The first-order valence-corrected chi connectivity index (χ1v) is 10.0. The fourth-order valence-corrected chi connectivity index (χ4v) is 4.29. The molecule has 0 fully saturated rings.